The van der Waals surface area contributed by atoms with Crippen LogP contribution >= 0.6 is 11.6 Å². The molecule has 5 heteroatoms. The number of imide groups is 1. The molecule has 1 aliphatic heterocycles. The summed E-state index contributed by atoms with van der Waals surface area (Å²) in [5.41, 5.74) is 0.888. The van der Waals surface area contributed by atoms with Crippen LogP contribution in [-0.2, 0) is 9.59 Å². The van der Waals surface area contributed by atoms with Gasteiger partial charge in [-0.05, 0) is 17.7 Å². The third kappa shape index (κ3) is 2.58. The lowest BCUT2D eigenvalue weighted by Gasteiger charge is -2.21. The Morgan fingerprint density at radius 1 is 1.29 bits per heavy atom. The van der Waals surface area contributed by atoms with Crippen LogP contribution in [0.1, 0.15) is 24.3 Å². The van der Waals surface area contributed by atoms with E-state index in [2.05, 4.69) is 5.32 Å². The van der Waals surface area contributed by atoms with Crippen molar-refractivity contribution in [3.8, 4) is 5.75 Å². The van der Waals surface area contributed by atoms with Gasteiger partial charge in [0.05, 0.1) is 12.1 Å². The number of benzene rings is 1. The first-order valence-electron chi connectivity index (χ1n) is 5.26. The van der Waals surface area contributed by atoms with E-state index < -0.39 is 0 Å². The van der Waals surface area contributed by atoms with Crippen molar-refractivity contribution in [2.75, 3.05) is 7.11 Å². The summed E-state index contributed by atoms with van der Waals surface area (Å²) in [6, 6.07) is 5.33. The third-order valence-electron chi connectivity index (χ3n) is 2.79. The number of carbonyl (C=O) groups is 2. The lowest BCUT2D eigenvalue weighted by molar-refractivity contribution is -0.133. The summed E-state index contributed by atoms with van der Waals surface area (Å²) in [5.74, 6) is 0.0121. The standard InChI is InChI=1S/C12H12ClNO3/c1-17-10-3-2-7(4-9(10)13)8-5-11(15)14-12(16)6-8/h2-4,8H,5-6H2,1H3,(H,14,15,16). The Morgan fingerprint density at radius 2 is 1.94 bits per heavy atom. The Hall–Kier alpha value is -1.55. The second-order valence-corrected chi connectivity index (χ2v) is 4.38. The van der Waals surface area contributed by atoms with E-state index in [-0.39, 0.29) is 17.7 Å². The van der Waals surface area contributed by atoms with Crippen molar-refractivity contribution in [2.45, 2.75) is 18.8 Å². The van der Waals surface area contributed by atoms with Crippen LogP contribution in [0.25, 0.3) is 0 Å². The van der Waals surface area contributed by atoms with Gasteiger partial charge < -0.3 is 4.74 Å². The van der Waals surface area contributed by atoms with Gasteiger partial charge in [0.25, 0.3) is 0 Å². The second-order valence-electron chi connectivity index (χ2n) is 3.97. The largest absolute Gasteiger partial charge is 0.495 e. The number of amides is 2. The van der Waals surface area contributed by atoms with Gasteiger partial charge in [0.2, 0.25) is 11.8 Å². The Balaban J connectivity index is 2.25. The van der Waals surface area contributed by atoms with Crippen LogP contribution in [-0.4, -0.2) is 18.9 Å². The molecule has 0 aliphatic carbocycles. The number of rotatable bonds is 2. The molecule has 1 aromatic rings. The number of nitrogens with one attached hydrogen (secondary N) is 1. The van der Waals surface area contributed by atoms with Crippen LogP contribution in [0.2, 0.25) is 5.02 Å². The second kappa shape index (κ2) is 4.75. The van der Waals surface area contributed by atoms with E-state index in [1.54, 1.807) is 19.2 Å². The maximum absolute atomic E-state index is 11.3. The van der Waals surface area contributed by atoms with E-state index in [0.717, 1.165) is 5.56 Å². The number of halogens is 1. The molecule has 0 saturated carbocycles. The summed E-state index contributed by atoms with van der Waals surface area (Å²) in [4.78, 5) is 22.6. The van der Waals surface area contributed by atoms with E-state index in [4.69, 9.17) is 16.3 Å². The van der Waals surface area contributed by atoms with E-state index in [1.807, 2.05) is 6.07 Å². The molecule has 2 amide bonds. The van der Waals surface area contributed by atoms with Crippen molar-refractivity contribution in [3.63, 3.8) is 0 Å². The minimum Gasteiger partial charge on any atom is -0.495 e. The maximum Gasteiger partial charge on any atom is 0.227 e. The summed E-state index contributed by atoms with van der Waals surface area (Å²) in [7, 11) is 1.54. The number of hydrogen-bond acceptors (Lipinski definition) is 3. The smallest absolute Gasteiger partial charge is 0.227 e. The van der Waals surface area contributed by atoms with Crippen LogP contribution in [0.3, 0.4) is 0 Å². The van der Waals surface area contributed by atoms with Crippen LogP contribution in [0.4, 0.5) is 0 Å². The minimum absolute atomic E-state index is 0.0975. The van der Waals surface area contributed by atoms with E-state index in [9.17, 15) is 9.59 Å². The number of hydrogen-bond donors (Lipinski definition) is 1. The van der Waals surface area contributed by atoms with Crippen molar-refractivity contribution in [1.82, 2.24) is 5.32 Å². The fourth-order valence-electron chi connectivity index (χ4n) is 1.95. The maximum atomic E-state index is 11.3. The van der Waals surface area contributed by atoms with Crippen molar-refractivity contribution in [2.24, 2.45) is 0 Å². The van der Waals surface area contributed by atoms with Gasteiger partial charge >= 0.3 is 0 Å². The van der Waals surface area contributed by atoms with Gasteiger partial charge in [-0.2, -0.15) is 0 Å². The van der Waals surface area contributed by atoms with Crippen molar-refractivity contribution < 1.29 is 14.3 Å². The normalized spacial score (nSPS) is 16.8. The Morgan fingerprint density at radius 3 is 2.47 bits per heavy atom. The zero-order chi connectivity index (χ0) is 12.4. The molecule has 4 nitrogen and oxygen atoms in total. The topological polar surface area (TPSA) is 55.4 Å². The average molecular weight is 254 g/mol. The van der Waals surface area contributed by atoms with Crippen molar-refractivity contribution in [1.29, 1.82) is 0 Å². The molecule has 0 radical (unpaired) electrons. The lowest BCUT2D eigenvalue weighted by atomic mass is 9.89. The Bertz CT molecular complexity index is 457. The summed E-state index contributed by atoms with van der Waals surface area (Å²) in [6.45, 7) is 0. The fourth-order valence-corrected chi connectivity index (χ4v) is 2.22. The predicted octanol–water partition coefficient (Wildman–Crippen LogP) is 1.87. The van der Waals surface area contributed by atoms with Crippen molar-refractivity contribution in [3.05, 3.63) is 28.8 Å². The highest BCUT2D eigenvalue weighted by atomic mass is 35.5. The highest BCUT2D eigenvalue weighted by Gasteiger charge is 2.26. The van der Waals surface area contributed by atoms with Gasteiger partial charge in [-0.1, -0.05) is 17.7 Å². The monoisotopic (exact) mass is 253 g/mol. The SMILES string of the molecule is COc1ccc(C2CC(=O)NC(=O)C2)cc1Cl. The van der Waals surface area contributed by atoms with Gasteiger partial charge in [-0.3, -0.25) is 14.9 Å². The average Bonchev–Trinajstić information content (AvgIpc) is 2.27. The zero-order valence-electron chi connectivity index (χ0n) is 9.33. The van der Waals surface area contributed by atoms with Gasteiger partial charge in [-0.15, -0.1) is 0 Å². The van der Waals surface area contributed by atoms with Gasteiger partial charge in [0, 0.05) is 18.8 Å². The van der Waals surface area contributed by atoms with E-state index >= 15 is 0 Å². The first kappa shape index (κ1) is 11.9. The molecule has 1 N–H and O–H groups in total. The molecule has 0 aromatic heterocycles. The van der Waals surface area contributed by atoms with E-state index in [1.165, 1.54) is 0 Å². The molecular formula is C12H12ClNO3. The Labute approximate surface area is 104 Å². The molecule has 0 unspecified atom stereocenters. The molecule has 0 atom stereocenters. The minimum atomic E-state index is -0.238. The molecule has 0 spiro atoms. The molecule has 1 heterocycles. The zero-order valence-corrected chi connectivity index (χ0v) is 10.1. The predicted molar refractivity (Wildman–Crippen MR) is 63.1 cm³/mol. The molecule has 17 heavy (non-hydrogen) atoms. The Kier molecular flexibility index (Phi) is 3.33. The molecule has 90 valence electrons. The third-order valence-corrected chi connectivity index (χ3v) is 3.09. The summed E-state index contributed by atoms with van der Waals surface area (Å²) in [6.07, 6.45) is 0.628. The number of methoxy groups -OCH3 is 1. The molecule has 1 aliphatic rings. The van der Waals surface area contributed by atoms with Crippen LogP contribution in [0.5, 0.6) is 5.75 Å². The quantitative estimate of drug-likeness (QED) is 0.819. The van der Waals surface area contributed by atoms with Gasteiger partial charge in [0.15, 0.2) is 0 Å². The first-order valence-corrected chi connectivity index (χ1v) is 5.64. The summed E-state index contributed by atoms with van der Waals surface area (Å²) in [5, 5.41) is 2.77. The van der Waals surface area contributed by atoms with Gasteiger partial charge in [0.1, 0.15) is 5.75 Å². The molecule has 0 bridgehead atoms. The summed E-state index contributed by atoms with van der Waals surface area (Å²) < 4.78 is 5.05. The molecular weight excluding hydrogens is 242 g/mol. The van der Waals surface area contributed by atoms with Gasteiger partial charge in [-0.25, -0.2) is 0 Å². The number of piperidine rings is 1. The van der Waals surface area contributed by atoms with Crippen LogP contribution in [0.15, 0.2) is 18.2 Å². The molecule has 1 fully saturated rings. The fraction of sp³-hybridized carbons (Fsp3) is 0.333. The molecule has 2 rings (SSSR count). The first-order chi connectivity index (χ1) is 8.10. The van der Waals surface area contributed by atoms with Crippen molar-refractivity contribution >= 4 is 23.4 Å². The summed E-state index contributed by atoms with van der Waals surface area (Å²) >= 11 is 6.01. The molecule has 1 saturated heterocycles. The van der Waals surface area contributed by atoms with E-state index in [0.29, 0.717) is 23.6 Å². The van der Waals surface area contributed by atoms with Crippen LogP contribution < -0.4 is 10.1 Å². The highest BCUT2D eigenvalue weighted by Crippen LogP contribution is 2.32. The number of carbonyl (C=O) groups excluding carboxylic acids is 2. The van der Waals surface area contributed by atoms with Crippen LogP contribution in [0, 0.1) is 0 Å². The molecule has 1 aromatic carbocycles. The number of ether oxygens (including phenoxy) is 1. The highest BCUT2D eigenvalue weighted by molar-refractivity contribution is 6.32. The lowest BCUT2D eigenvalue weighted by Crippen LogP contribution is -2.37.